The van der Waals surface area contributed by atoms with Crippen LogP contribution in [0.4, 0.5) is 0 Å². The maximum Gasteiger partial charge on any atom is 0.118 e. The lowest BCUT2D eigenvalue weighted by Gasteiger charge is -2.41. The normalized spacial score (nSPS) is 21.5. The van der Waals surface area contributed by atoms with Gasteiger partial charge in [0.25, 0.3) is 0 Å². The molecule has 136 valence electrons. The van der Waals surface area contributed by atoms with Gasteiger partial charge in [0.2, 0.25) is 0 Å². The van der Waals surface area contributed by atoms with Gasteiger partial charge in [-0.3, -0.25) is 4.90 Å². The molecule has 1 aliphatic heterocycles. The summed E-state index contributed by atoms with van der Waals surface area (Å²) in [4.78, 5) is 2.46. The summed E-state index contributed by atoms with van der Waals surface area (Å²) in [6, 6.07) is 14.8. The number of likely N-dealkylation sites (tertiary alicyclic amines) is 1. The van der Waals surface area contributed by atoms with Crippen LogP contribution in [0.5, 0.6) is 0 Å². The van der Waals surface area contributed by atoms with Crippen LogP contribution in [0.15, 0.2) is 46.9 Å². The zero-order chi connectivity index (χ0) is 17.5. The summed E-state index contributed by atoms with van der Waals surface area (Å²) >= 11 is 0. The van der Waals surface area contributed by atoms with Crippen molar-refractivity contribution in [1.82, 2.24) is 4.90 Å². The summed E-state index contributed by atoms with van der Waals surface area (Å²) in [6.07, 6.45) is 6.56. The van der Waals surface area contributed by atoms with Crippen molar-refractivity contribution in [3.05, 3.63) is 59.5 Å². The molecule has 0 saturated carbocycles. The highest BCUT2D eigenvalue weighted by Crippen LogP contribution is 2.35. The van der Waals surface area contributed by atoms with Crippen LogP contribution in [0, 0.1) is 5.41 Å². The van der Waals surface area contributed by atoms with Crippen LogP contribution in [0.3, 0.4) is 0 Å². The van der Waals surface area contributed by atoms with Gasteiger partial charge in [0.1, 0.15) is 11.5 Å². The van der Waals surface area contributed by atoms with E-state index in [2.05, 4.69) is 54.3 Å². The lowest BCUT2D eigenvalue weighted by atomic mass is 9.76. The minimum atomic E-state index is 0.0488. The van der Waals surface area contributed by atoms with Gasteiger partial charge in [-0.2, -0.15) is 0 Å². The van der Waals surface area contributed by atoms with E-state index in [9.17, 15) is 5.11 Å². The van der Waals surface area contributed by atoms with E-state index in [1.807, 2.05) is 0 Å². The average molecular weight is 341 g/mol. The Kier molecular flexibility index (Phi) is 6.33. The molecular weight excluding hydrogens is 310 g/mol. The molecule has 1 fully saturated rings. The first kappa shape index (κ1) is 18.2. The second-order valence-electron chi connectivity index (χ2n) is 7.53. The number of piperidine rings is 1. The van der Waals surface area contributed by atoms with Crippen molar-refractivity contribution in [1.29, 1.82) is 0 Å². The number of aliphatic hydroxyl groups excluding tert-OH is 1. The fourth-order valence-electron chi connectivity index (χ4n) is 4.09. The van der Waals surface area contributed by atoms with Gasteiger partial charge in [0.15, 0.2) is 0 Å². The topological polar surface area (TPSA) is 36.6 Å². The Labute approximate surface area is 151 Å². The monoisotopic (exact) mass is 341 g/mol. The molecule has 2 heterocycles. The second kappa shape index (κ2) is 8.68. The molecule has 25 heavy (non-hydrogen) atoms. The molecule has 1 aromatic heterocycles. The van der Waals surface area contributed by atoms with Gasteiger partial charge in [-0.25, -0.2) is 0 Å². The number of aliphatic hydroxyl groups is 1. The van der Waals surface area contributed by atoms with Gasteiger partial charge in [-0.1, -0.05) is 37.3 Å². The number of nitrogens with zero attached hydrogens (tertiary/aromatic N) is 1. The Morgan fingerprint density at radius 1 is 1.12 bits per heavy atom. The molecule has 1 aliphatic rings. The zero-order valence-corrected chi connectivity index (χ0v) is 15.4. The van der Waals surface area contributed by atoms with Crippen molar-refractivity contribution < 1.29 is 9.52 Å². The van der Waals surface area contributed by atoms with Crippen molar-refractivity contribution in [2.45, 2.75) is 52.0 Å². The second-order valence-corrected chi connectivity index (χ2v) is 7.53. The molecule has 1 aromatic carbocycles. The zero-order valence-electron chi connectivity index (χ0n) is 15.4. The van der Waals surface area contributed by atoms with E-state index in [4.69, 9.17) is 4.42 Å². The van der Waals surface area contributed by atoms with Crippen LogP contribution < -0.4 is 0 Å². The van der Waals surface area contributed by atoms with Crippen LogP contribution >= 0.6 is 0 Å². The maximum absolute atomic E-state index is 10.1. The SMILES string of the molecule is CCc1ccc(CN2CCC[C@](CO)(CCCc3ccccc3)C2)o1. The quantitative estimate of drug-likeness (QED) is 0.771. The summed E-state index contributed by atoms with van der Waals surface area (Å²) in [6.45, 7) is 5.34. The van der Waals surface area contributed by atoms with E-state index in [-0.39, 0.29) is 12.0 Å². The lowest BCUT2D eigenvalue weighted by molar-refractivity contribution is 0.0182. The number of aryl methyl sites for hydroxylation is 2. The Hall–Kier alpha value is -1.58. The minimum absolute atomic E-state index is 0.0488. The summed E-state index contributed by atoms with van der Waals surface area (Å²) in [5, 5.41) is 10.1. The standard InChI is InChI=1S/C22H31NO2/c1-2-20-11-12-21(25-20)16-23-15-7-14-22(17-23,18-24)13-6-10-19-8-4-3-5-9-19/h3-5,8-9,11-12,24H,2,6-7,10,13-18H2,1H3/t22-/m1/s1. The lowest BCUT2D eigenvalue weighted by Crippen LogP contribution is -2.45. The van der Waals surface area contributed by atoms with Crippen LogP contribution in [0.2, 0.25) is 0 Å². The molecule has 3 rings (SSSR count). The third kappa shape index (κ3) is 4.96. The summed E-state index contributed by atoms with van der Waals surface area (Å²) in [5.41, 5.74) is 1.44. The van der Waals surface area contributed by atoms with Crippen LogP contribution in [-0.2, 0) is 19.4 Å². The van der Waals surface area contributed by atoms with E-state index in [1.165, 1.54) is 5.56 Å². The Morgan fingerprint density at radius 3 is 2.64 bits per heavy atom. The number of furan rings is 1. The highest BCUT2D eigenvalue weighted by molar-refractivity contribution is 5.14. The Morgan fingerprint density at radius 2 is 1.92 bits per heavy atom. The van der Waals surface area contributed by atoms with E-state index in [0.717, 1.165) is 69.7 Å². The van der Waals surface area contributed by atoms with Crippen LogP contribution in [0.25, 0.3) is 0 Å². The molecular formula is C22H31NO2. The Balaban J connectivity index is 1.54. The molecule has 0 unspecified atom stereocenters. The molecule has 3 heteroatoms. The van der Waals surface area contributed by atoms with Crippen LogP contribution in [0.1, 0.15) is 49.7 Å². The third-order valence-electron chi connectivity index (χ3n) is 5.54. The molecule has 1 N–H and O–H groups in total. The van der Waals surface area contributed by atoms with Crippen LogP contribution in [-0.4, -0.2) is 29.7 Å². The highest BCUT2D eigenvalue weighted by Gasteiger charge is 2.34. The van der Waals surface area contributed by atoms with Crippen molar-refractivity contribution in [3.8, 4) is 0 Å². The predicted octanol–water partition coefficient (Wildman–Crippen LogP) is 4.44. The van der Waals surface area contributed by atoms with Gasteiger partial charge in [0, 0.05) is 25.0 Å². The molecule has 3 nitrogen and oxygen atoms in total. The van der Waals surface area contributed by atoms with Gasteiger partial charge in [0.05, 0.1) is 6.54 Å². The molecule has 0 bridgehead atoms. The first-order valence-corrected chi connectivity index (χ1v) is 9.68. The first-order valence-electron chi connectivity index (χ1n) is 9.68. The van der Waals surface area contributed by atoms with E-state index >= 15 is 0 Å². The van der Waals surface area contributed by atoms with Gasteiger partial charge in [-0.15, -0.1) is 0 Å². The first-order chi connectivity index (χ1) is 12.2. The number of hydrogen-bond donors (Lipinski definition) is 1. The summed E-state index contributed by atoms with van der Waals surface area (Å²) < 4.78 is 5.87. The molecule has 1 saturated heterocycles. The van der Waals surface area contributed by atoms with E-state index < -0.39 is 0 Å². The number of rotatable bonds is 8. The van der Waals surface area contributed by atoms with Gasteiger partial charge < -0.3 is 9.52 Å². The molecule has 0 radical (unpaired) electrons. The number of benzene rings is 1. The fraction of sp³-hybridized carbons (Fsp3) is 0.545. The largest absolute Gasteiger partial charge is 0.465 e. The molecule has 2 aromatic rings. The van der Waals surface area contributed by atoms with Crippen molar-refractivity contribution >= 4 is 0 Å². The number of hydrogen-bond acceptors (Lipinski definition) is 3. The highest BCUT2D eigenvalue weighted by atomic mass is 16.3. The van der Waals surface area contributed by atoms with E-state index in [1.54, 1.807) is 0 Å². The van der Waals surface area contributed by atoms with Crippen molar-refractivity contribution in [2.75, 3.05) is 19.7 Å². The summed E-state index contributed by atoms with van der Waals surface area (Å²) in [7, 11) is 0. The fourth-order valence-corrected chi connectivity index (χ4v) is 4.09. The third-order valence-corrected chi connectivity index (χ3v) is 5.54. The van der Waals surface area contributed by atoms with Gasteiger partial charge >= 0.3 is 0 Å². The average Bonchev–Trinajstić information content (AvgIpc) is 3.10. The Bertz CT molecular complexity index is 636. The van der Waals surface area contributed by atoms with Crippen molar-refractivity contribution in [2.24, 2.45) is 5.41 Å². The smallest absolute Gasteiger partial charge is 0.118 e. The molecule has 1 atom stereocenters. The van der Waals surface area contributed by atoms with Gasteiger partial charge in [-0.05, 0) is 56.3 Å². The van der Waals surface area contributed by atoms with E-state index in [0.29, 0.717) is 0 Å². The molecule has 0 aliphatic carbocycles. The minimum Gasteiger partial charge on any atom is -0.465 e. The summed E-state index contributed by atoms with van der Waals surface area (Å²) in [5.74, 6) is 2.11. The molecule has 0 amide bonds. The molecule has 0 spiro atoms. The predicted molar refractivity (Wildman–Crippen MR) is 101 cm³/mol. The maximum atomic E-state index is 10.1. The van der Waals surface area contributed by atoms with Crippen molar-refractivity contribution in [3.63, 3.8) is 0 Å².